The minimum Gasteiger partial charge on any atom is -0.465 e. The van der Waals surface area contributed by atoms with Crippen LogP contribution in [0, 0.1) is 25.7 Å². The summed E-state index contributed by atoms with van der Waals surface area (Å²) in [6, 6.07) is 4.28. The highest BCUT2D eigenvalue weighted by Crippen LogP contribution is 2.61. The lowest BCUT2D eigenvalue weighted by molar-refractivity contribution is -0.155. The third-order valence-electron chi connectivity index (χ3n) is 8.59. The molecule has 3 fully saturated rings. The maximum Gasteiger partial charge on any atom is 0.312 e. The fourth-order valence-corrected chi connectivity index (χ4v) is 7.62. The van der Waals surface area contributed by atoms with Crippen LogP contribution in [-0.4, -0.2) is 76.2 Å². The van der Waals surface area contributed by atoms with Gasteiger partial charge >= 0.3 is 5.97 Å². The molecule has 0 radical (unpaired) electrons. The predicted octanol–water partition coefficient (Wildman–Crippen LogP) is 4.24. The zero-order valence-corrected chi connectivity index (χ0v) is 25.3. The number of allylic oxidation sites excluding steroid dienone is 1. The topological polar surface area (TPSA) is 96.4 Å². The molecule has 9 heteroatoms. The molecule has 0 saturated carbocycles. The second-order valence-corrected chi connectivity index (χ2v) is 12.3. The molecule has 8 nitrogen and oxygen atoms in total. The first-order valence-electron chi connectivity index (χ1n) is 14.2. The Morgan fingerprint density at radius 2 is 2.05 bits per heavy atom. The number of fused-ring (bicyclic) bond motifs is 1. The Labute approximate surface area is 245 Å². The largest absolute Gasteiger partial charge is 0.465 e. The summed E-state index contributed by atoms with van der Waals surface area (Å²) in [4.78, 5) is 45.3. The van der Waals surface area contributed by atoms with Gasteiger partial charge in [0.05, 0.1) is 37.2 Å². The molecule has 0 aliphatic carbocycles. The van der Waals surface area contributed by atoms with Crippen molar-refractivity contribution in [2.45, 2.75) is 81.5 Å². The number of likely N-dealkylation sites (tertiary alicyclic amines) is 1. The lowest BCUT2D eigenvalue weighted by Crippen LogP contribution is -2.59. The normalized spacial score (nSPS) is 29.3. The molecule has 2 bridgehead atoms. The number of benzene rings is 1. The maximum atomic E-state index is 14.7. The van der Waals surface area contributed by atoms with Crippen LogP contribution in [0.15, 0.2) is 43.5 Å². The van der Waals surface area contributed by atoms with Gasteiger partial charge in [-0.2, -0.15) is 0 Å². The van der Waals surface area contributed by atoms with Gasteiger partial charge in [-0.05, 0) is 63.1 Å². The first kappa shape index (κ1) is 30.5. The number of alkyl halides is 1. The van der Waals surface area contributed by atoms with Crippen LogP contribution in [0.3, 0.4) is 0 Å². The first-order chi connectivity index (χ1) is 19.2. The number of anilines is 1. The van der Waals surface area contributed by atoms with E-state index in [4.69, 9.17) is 9.47 Å². The van der Waals surface area contributed by atoms with Crippen LogP contribution < -0.4 is 4.90 Å². The number of ether oxygens (including phenoxy) is 2. The summed E-state index contributed by atoms with van der Waals surface area (Å²) in [5, 5.41) is 10.3. The SMILES string of the molecule is C=CCCCCOC(=O)[C@H]1[C@@H]2OC3(CC2Br)C(C(=O)N(CC=C)c2cc(C)ccc2C)N([C@@H](CC)CO)C(=O)[C@H]13. The smallest absolute Gasteiger partial charge is 0.312 e. The minimum atomic E-state index is -1.22. The van der Waals surface area contributed by atoms with Gasteiger partial charge in [0, 0.05) is 17.1 Å². The van der Waals surface area contributed by atoms with E-state index in [9.17, 15) is 19.5 Å². The molecule has 0 aromatic heterocycles. The van der Waals surface area contributed by atoms with Crippen molar-refractivity contribution in [1.29, 1.82) is 0 Å². The number of aliphatic hydroxyl groups is 1. The highest BCUT2D eigenvalue weighted by Gasteiger charge is 2.77. The highest BCUT2D eigenvalue weighted by atomic mass is 79.9. The van der Waals surface area contributed by atoms with Crippen LogP contribution in [0.25, 0.3) is 0 Å². The van der Waals surface area contributed by atoms with Gasteiger partial charge in [0.25, 0.3) is 5.91 Å². The number of carbonyl (C=O) groups excluding carboxylic acids is 3. The Morgan fingerprint density at radius 3 is 2.70 bits per heavy atom. The number of halogens is 1. The highest BCUT2D eigenvalue weighted by molar-refractivity contribution is 9.09. The summed E-state index contributed by atoms with van der Waals surface area (Å²) in [6.07, 6.45) is 6.11. The van der Waals surface area contributed by atoms with E-state index in [0.717, 1.165) is 29.7 Å². The molecule has 4 rings (SSSR count). The van der Waals surface area contributed by atoms with Crippen molar-refractivity contribution in [3.63, 3.8) is 0 Å². The Balaban J connectivity index is 1.75. The van der Waals surface area contributed by atoms with E-state index in [-0.39, 0.29) is 36.4 Å². The molecule has 218 valence electrons. The van der Waals surface area contributed by atoms with Crippen LogP contribution in [0.5, 0.6) is 0 Å². The fraction of sp³-hybridized carbons (Fsp3) is 0.581. The van der Waals surface area contributed by atoms with E-state index < -0.39 is 41.6 Å². The summed E-state index contributed by atoms with van der Waals surface area (Å²) in [5.41, 5.74) is 1.41. The molecule has 1 aromatic rings. The Kier molecular flexibility index (Phi) is 9.58. The number of aliphatic hydroxyl groups excluding tert-OH is 1. The van der Waals surface area contributed by atoms with Gasteiger partial charge < -0.3 is 24.4 Å². The van der Waals surface area contributed by atoms with Crippen molar-refractivity contribution >= 4 is 39.4 Å². The quantitative estimate of drug-likeness (QED) is 0.154. The number of esters is 1. The van der Waals surface area contributed by atoms with Gasteiger partial charge in [0.2, 0.25) is 5.91 Å². The number of nitrogens with zero attached hydrogens (tertiary/aromatic N) is 2. The second kappa shape index (κ2) is 12.6. The molecule has 40 heavy (non-hydrogen) atoms. The minimum absolute atomic E-state index is 0.229. The predicted molar refractivity (Wildman–Crippen MR) is 157 cm³/mol. The number of hydrogen-bond acceptors (Lipinski definition) is 6. The molecule has 1 spiro atoms. The van der Waals surface area contributed by atoms with Crippen LogP contribution in [-0.2, 0) is 23.9 Å². The van der Waals surface area contributed by atoms with E-state index in [2.05, 4.69) is 29.1 Å². The Hall–Kier alpha value is -2.49. The average molecular weight is 618 g/mol. The first-order valence-corrected chi connectivity index (χ1v) is 15.1. The molecule has 3 heterocycles. The summed E-state index contributed by atoms with van der Waals surface area (Å²) < 4.78 is 12.2. The Bertz CT molecular complexity index is 1150. The molecule has 3 saturated heterocycles. The molecule has 7 atom stereocenters. The Morgan fingerprint density at radius 1 is 1.30 bits per heavy atom. The summed E-state index contributed by atoms with van der Waals surface area (Å²) in [7, 11) is 0. The van der Waals surface area contributed by atoms with Crippen molar-refractivity contribution in [2.24, 2.45) is 11.8 Å². The molecular weight excluding hydrogens is 576 g/mol. The number of carbonyl (C=O) groups is 3. The average Bonchev–Trinajstić information content (AvgIpc) is 3.52. The summed E-state index contributed by atoms with van der Waals surface area (Å²) in [6.45, 7) is 13.5. The number of aryl methyl sites for hydroxylation is 2. The number of unbranched alkanes of at least 4 members (excludes halogenated alkanes) is 2. The van der Waals surface area contributed by atoms with Crippen molar-refractivity contribution in [3.05, 3.63) is 54.6 Å². The molecule has 1 aromatic carbocycles. The van der Waals surface area contributed by atoms with Gasteiger partial charge in [-0.25, -0.2) is 0 Å². The molecule has 3 aliphatic rings. The van der Waals surface area contributed by atoms with Gasteiger partial charge in [0.1, 0.15) is 11.6 Å². The number of rotatable bonds is 13. The summed E-state index contributed by atoms with van der Waals surface area (Å²) >= 11 is 3.70. The van der Waals surface area contributed by atoms with Gasteiger partial charge in [0.15, 0.2) is 0 Å². The number of hydrogen-bond donors (Lipinski definition) is 1. The number of amides is 2. The zero-order valence-electron chi connectivity index (χ0n) is 23.7. The van der Waals surface area contributed by atoms with Gasteiger partial charge in [-0.1, -0.05) is 47.1 Å². The molecule has 2 amide bonds. The van der Waals surface area contributed by atoms with Crippen molar-refractivity contribution in [2.75, 3.05) is 24.7 Å². The third-order valence-corrected chi connectivity index (χ3v) is 9.43. The molecule has 3 unspecified atom stereocenters. The van der Waals surface area contributed by atoms with Crippen LogP contribution in [0.2, 0.25) is 0 Å². The van der Waals surface area contributed by atoms with E-state index in [0.29, 0.717) is 19.3 Å². The van der Waals surface area contributed by atoms with Crippen LogP contribution in [0.4, 0.5) is 5.69 Å². The van der Waals surface area contributed by atoms with E-state index in [1.807, 2.05) is 45.0 Å². The van der Waals surface area contributed by atoms with Gasteiger partial charge in [-0.3, -0.25) is 14.4 Å². The summed E-state index contributed by atoms with van der Waals surface area (Å²) in [5.74, 6) is -2.83. The van der Waals surface area contributed by atoms with E-state index >= 15 is 0 Å². The maximum absolute atomic E-state index is 14.7. The van der Waals surface area contributed by atoms with Crippen LogP contribution in [0.1, 0.15) is 50.2 Å². The molecular formula is C31H41BrN2O6. The van der Waals surface area contributed by atoms with E-state index in [1.54, 1.807) is 11.0 Å². The lowest BCUT2D eigenvalue weighted by atomic mass is 9.70. The third kappa shape index (κ3) is 5.16. The fourth-order valence-electron chi connectivity index (χ4n) is 6.68. The van der Waals surface area contributed by atoms with Crippen molar-refractivity contribution in [1.82, 2.24) is 4.90 Å². The van der Waals surface area contributed by atoms with Crippen molar-refractivity contribution in [3.8, 4) is 0 Å². The second-order valence-electron chi connectivity index (χ2n) is 11.1. The van der Waals surface area contributed by atoms with Crippen LogP contribution >= 0.6 is 15.9 Å². The molecule has 3 aliphatic heterocycles. The lowest BCUT2D eigenvalue weighted by Gasteiger charge is -2.39. The standard InChI is InChI=1S/C31H41BrN2O6/c1-6-9-10-11-15-39-30(38)24-25-28(36)34(21(8-3)18-35)27(31(25)17-22(32)26(24)40-31)29(37)33(14-7-2)23-16-19(4)12-13-20(23)5/h6-7,12-13,16,21-22,24-27,35H,1-2,8-11,14-15,17-18H2,3-5H3/t21-,22?,24+,25-,26+,27?,31?/m0/s1. The zero-order chi connectivity index (χ0) is 29.2. The monoisotopic (exact) mass is 616 g/mol. The van der Waals surface area contributed by atoms with E-state index in [1.165, 1.54) is 4.90 Å². The van der Waals surface area contributed by atoms with Gasteiger partial charge in [-0.15, -0.1) is 13.2 Å². The molecule has 1 N–H and O–H groups in total. The van der Waals surface area contributed by atoms with Crippen molar-refractivity contribution < 1.29 is 29.0 Å².